The number of ether oxygens (including phenoxy) is 1. The van der Waals surface area contributed by atoms with Gasteiger partial charge in [0.25, 0.3) is 0 Å². The van der Waals surface area contributed by atoms with Gasteiger partial charge in [-0.25, -0.2) is 0 Å². The van der Waals surface area contributed by atoms with Crippen LogP contribution in [0.3, 0.4) is 0 Å². The Balaban J connectivity index is 2.40. The van der Waals surface area contributed by atoms with E-state index in [4.69, 9.17) is 9.15 Å². The molecule has 0 atom stereocenters. The SMILES string of the molecule is CCCc1c(Oc2nc(C=O)co2)cccc1C(F)(F)F. The number of hydrogen-bond acceptors (Lipinski definition) is 4. The van der Waals surface area contributed by atoms with Gasteiger partial charge in [0.2, 0.25) is 0 Å². The van der Waals surface area contributed by atoms with E-state index in [9.17, 15) is 18.0 Å². The normalized spacial score (nSPS) is 11.4. The van der Waals surface area contributed by atoms with Crippen molar-refractivity contribution in [1.29, 1.82) is 0 Å². The zero-order valence-corrected chi connectivity index (χ0v) is 11.1. The molecule has 0 amide bonds. The number of carbonyl (C=O) groups is 1. The molecule has 0 saturated carbocycles. The predicted molar refractivity (Wildman–Crippen MR) is 67.4 cm³/mol. The molecule has 1 aromatic carbocycles. The van der Waals surface area contributed by atoms with E-state index in [-0.39, 0.29) is 29.5 Å². The molecule has 2 rings (SSSR count). The van der Waals surface area contributed by atoms with Gasteiger partial charge in [0.05, 0.1) is 5.56 Å². The Morgan fingerprint density at radius 2 is 2.14 bits per heavy atom. The molecule has 7 heteroatoms. The molecule has 0 aliphatic rings. The number of aldehydes is 1. The number of carbonyl (C=O) groups excluding carboxylic acids is 1. The molecule has 0 radical (unpaired) electrons. The quantitative estimate of drug-likeness (QED) is 0.774. The van der Waals surface area contributed by atoms with Gasteiger partial charge in [-0.1, -0.05) is 19.4 Å². The minimum atomic E-state index is -4.46. The molecule has 0 saturated heterocycles. The molecular formula is C14H12F3NO3. The monoisotopic (exact) mass is 299 g/mol. The van der Waals surface area contributed by atoms with Gasteiger partial charge in [-0.05, 0) is 18.6 Å². The Bertz CT molecular complexity index is 635. The van der Waals surface area contributed by atoms with Crippen LogP contribution in [0.5, 0.6) is 11.8 Å². The summed E-state index contributed by atoms with van der Waals surface area (Å²) < 4.78 is 49.1. The molecule has 0 aliphatic heterocycles. The zero-order valence-electron chi connectivity index (χ0n) is 11.1. The number of hydrogen-bond donors (Lipinski definition) is 0. The molecular weight excluding hydrogens is 287 g/mol. The lowest BCUT2D eigenvalue weighted by Gasteiger charge is -2.15. The molecule has 0 fully saturated rings. The second-order valence-electron chi connectivity index (χ2n) is 4.29. The van der Waals surface area contributed by atoms with Crippen LogP contribution in [0.15, 0.2) is 28.9 Å². The summed E-state index contributed by atoms with van der Waals surface area (Å²) in [5.74, 6) is 0.0194. The number of alkyl halides is 3. The summed E-state index contributed by atoms with van der Waals surface area (Å²) in [6.45, 7) is 1.77. The Hall–Kier alpha value is -2.31. The zero-order chi connectivity index (χ0) is 15.5. The number of halogens is 3. The Morgan fingerprint density at radius 1 is 1.38 bits per heavy atom. The molecule has 4 nitrogen and oxygen atoms in total. The third-order valence-electron chi connectivity index (χ3n) is 2.76. The van der Waals surface area contributed by atoms with Gasteiger partial charge in [-0.2, -0.15) is 18.2 Å². The summed E-state index contributed by atoms with van der Waals surface area (Å²) in [5, 5.41) is 0. The second kappa shape index (κ2) is 5.99. The summed E-state index contributed by atoms with van der Waals surface area (Å²) in [6.07, 6.45) is -2.49. The molecule has 0 spiro atoms. The lowest BCUT2D eigenvalue weighted by molar-refractivity contribution is -0.138. The largest absolute Gasteiger partial charge is 0.416 e. The maximum atomic E-state index is 13.0. The van der Waals surface area contributed by atoms with E-state index in [1.165, 1.54) is 12.1 Å². The Labute approximate surface area is 118 Å². The first-order chi connectivity index (χ1) is 9.95. The molecule has 1 aromatic heterocycles. The molecule has 0 unspecified atom stereocenters. The van der Waals surface area contributed by atoms with Crippen molar-refractivity contribution in [2.45, 2.75) is 25.9 Å². The van der Waals surface area contributed by atoms with Gasteiger partial charge in [-0.3, -0.25) is 4.79 Å². The van der Waals surface area contributed by atoms with Gasteiger partial charge >= 0.3 is 12.3 Å². The fourth-order valence-electron chi connectivity index (χ4n) is 1.90. The first-order valence-corrected chi connectivity index (χ1v) is 6.23. The second-order valence-corrected chi connectivity index (χ2v) is 4.29. The number of oxazole rings is 1. The molecule has 0 aliphatic carbocycles. The summed E-state index contributed by atoms with van der Waals surface area (Å²) in [4.78, 5) is 14.2. The van der Waals surface area contributed by atoms with Crippen LogP contribution in [-0.4, -0.2) is 11.3 Å². The Morgan fingerprint density at radius 3 is 2.71 bits per heavy atom. The topological polar surface area (TPSA) is 52.3 Å². The van der Waals surface area contributed by atoms with Crippen LogP contribution in [0.2, 0.25) is 0 Å². The van der Waals surface area contributed by atoms with Gasteiger partial charge in [0.15, 0.2) is 6.29 Å². The van der Waals surface area contributed by atoms with E-state index < -0.39 is 11.7 Å². The molecule has 2 aromatic rings. The number of aromatic nitrogens is 1. The minimum Gasteiger partial charge on any atom is -0.416 e. The molecule has 1 heterocycles. The summed E-state index contributed by atoms with van der Waals surface area (Å²) >= 11 is 0. The van der Waals surface area contributed by atoms with Crippen molar-refractivity contribution in [3.05, 3.63) is 41.3 Å². The summed E-state index contributed by atoms with van der Waals surface area (Å²) in [6, 6.07) is 3.66. The van der Waals surface area contributed by atoms with Crippen molar-refractivity contribution in [2.75, 3.05) is 0 Å². The Kier molecular flexibility index (Phi) is 4.30. The van der Waals surface area contributed by atoms with Crippen LogP contribution in [-0.2, 0) is 12.6 Å². The summed E-state index contributed by atoms with van der Waals surface area (Å²) in [5.41, 5.74) is -0.698. The van der Waals surface area contributed by atoms with Crippen molar-refractivity contribution in [3.63, 3.8) is 0 Å². The van der Waals surface area contributed by atoms with Crippen molar-refractivity contribution in [2.24, 2.45) is 0 Å². The van der Waals surface area contributed by atoms with Crippen LogP contribution < -0.4 is 4.74 Å². The van der Waals surface area contributed by atoms with Crippen LogP contribution >= 0.6 is 0 Å². The van der Waals surface area contributed by atoms with Crippen molar-refractivity contribution in [1.82, 2.24) is 4.98 Å². The fourth-order valence-corrected chi connectivity index (χ4v) is 1.90. The maximum absolute atomic E-state index is 13.0. The number of benzene rings is 1. The van der Waals surface area contributed by atoms with E-state index in [2.05, 4.69) is 4.98 Å². The van der Waals surface area contributed by atoms with Crippen molar-refractivity contribution >= 4 is 6.29 Å². The van der Waals surface area contributed by atoms with E-state index >= 15 is 0 Å². The van der Waals surface area contributed by atoms with Crippen molar-refractivity contribution < 1.29 is 27.1 Å². The van der Waals surface area contributed by atoms with Gasteiger partial charge < -0.3 is 9.15 Å². The third kappa shape index (κ3) is 3.42. The van der Waals surface area contributed by atoms with E-state index in [1.807, 2.05) is 0 Å². The summed E-state index contributed by atoms with van der Waals surface area (Å²) in [7, 11) is 0. The maximum Gasteiger partial charge on any atom is 0.416 e. The molecule has 112 valence electrons. The number of nitrogens with zero attached hydrogens (tertiary/aromatic N) is 1. The predicted octanol–water partition coefficient (Wildman–Crippen LogP) is 4.25. The van der Waals surface area contributed by atoms with Crippen molar-refractivity contribution in [3.8, 4) is 11.8 Å². The molecule has 21 heavy (non-hydrogen) atoms. The van der Waals surface area contributed by atoms with Crippen LogP contribution in [0.25, 0.3) is 0 Å². The highest BCUT2D eigenvalue weighted by molar-refractivity contribution is 5.70. The first kappa shape index (κ1) is 15.1. The number of rotatable bonds is 5. The standard InChI is InChI=1S/C14H12F3NO3/c1-2-4-10-11(14(15,16)17)5-3-6-12(10)21-13-18-9(7-19)8-20-13/h3,5-8H,2,4H2,1H3. The van der Waals surface area contributed by atoms with Gasteiger partial charge in [-0.15, -0.1) is 0 Å². The first-order valence-electron chi connectivity index (χ1n) is 6.23. The van der Waals surface area contributed by atoms with Crippen LogP contribution in [0.1, 0.15) is 35.0 Å². The highest BCUT2D eigenvalue weighted by Crippen LogP contribution is 2.37. The highest BCUT2D eigenvalue weighted by Gasteiger charge is 2.34. The highest BCUT2D eigenvalue weighted by atomic mass is 19.4. The van der Waals surface area contributed by atoms with E-state index in [1.54, 1.807) is 6.92 Å². The minimum absolute atomic E-state index is 0.00835. The average Bonchev–Trinajstić information content (AvgIpc) is 2.87. The van der Waals surface area contributed by atoms with Crippen LogP contribution in [0.4, 0.5) is 13.2 Å². The lowest BCUT2D eigenvalue weighted by atomic mass is 10.0. The van der Waals surface area contributed by atoms with E-state index in [0.29, 0.717) is 12.7 Å². The molecule has 0 N–H and O–H groups in total. The van der Waals surface area contributed by atoms with E-state index in [0.717, 1.165) is 12.3 Å². The fraction of sp³-hybridized carbons (Fsp3) is 0.286. The lowest BCUT2D eigenvalue weighted by Crippen LogP contribution is -2.10. The van der Waals surface area contributed by atoms with Gasteiger partial charge in [0, 0.05) is 5.56 Å². The molecule has 0 bridgehead atoms. The third-order valence-corrected chi connectivity index (χ3v) is 2.76. The average molecular weight is 299 g/mol. The smallest absolute Gasteiger partial charge is 0.416 e. The van der Waals surface area contributed by atoms with Gasteiger partial charge in [0.1, 0.15) is 17.7 Å². The van der Waals surface area contributed by atoms with Crippen LogP contribution in [0, 0.1) is 0 Å².